The number of hydrogen-bond donors (Lipinski definition) is 2. The fourth-order valence-corrected chi connectivity index (χ4v) is 4.23. The zero-order valence-electron chi connectivity index (χ0n) is 15.1. The van der Waals surface area contributed by atoms with Crippen molar-refractivity contribution in [3.63, 3.8) is 0 Å². The van der Waals surface area contributed by atoms with Crippen molar-refractivity contribution in [3.05, 3.63) is 76.3 Å². The van der Waals surface area contributed by atoms with E-state index in [0.29, 0.717) is 10.9 Å². The fourth-order valence-electron chi connectivity index (χ4n) is 3.13. The molecule has 8 heteroatoms. The highest BCUT2D eigenvalue weighted by Crippen LogP contribution is 2.35. The van der Waals surface area contributed by atoms with Crippen LogP contribution in [0.15, 0.2) is 59.7 Å². The molecule has 28 heavy (non-hydrogen) atoms. The van der Waals surface area contributed by atoms with Gasteiger partial charge in [0, 0.05) is 5.56 Å². The second-order valence-corrected chi connectivity index (χ2v) is 7.82. The van der Waals surface area contributed by atoms with Gasteiger partial charge in [-0.05, 0) is 19.1 Å². The predicted molar refractivity (Wildman–Crippen MR) is 108 cm³/mol. The molecule has 2 aromatic carbocycles. The number of aryl methyl sites for hydroxylation is 1. The van der Waals surface area contributed by atoms with Crippen LogP contribution in [-0.2, 0) is 21.1 Å². The number of para-hydroxylation sites is 1. The van der Waals surface area contributed by atoms with E-state index in [1.54, 1.807) is 24.3 Å². The number of fused-ring (bicyclic) bond motifs is 1. The number of thioether (sulfide) groups is 1. The van der Waals surface area contributed by atoms with E-state index >= 15 is 0 Å². The molecule has 1 saturated heterocycles. The lowest BCUT2D eigenvalue weighted by Gasteiger charge is -2.30. The summed E-state index contributed by atoms with van der Waals surface area (Å²) in [6, 6.07) is 14.6. The number of aromatic nitrogens is 2. The van der Waals surface area contributed by atoms with E-state index < -0.39 is 10.9 Å². The van der Waals surface area contributed by atoms with Crippen LogP contribution in [0.2, 0.25) is 0 Å². The molecule has 0 saturated carbocycles. The maximum absolute atomic E-state index is 12.7. The minimum absolute atomic E-state index is 0.157. The molecule has 2 N–H and O–H groups in total. The average molecular weight is 394 g/mol. The standard InChI is InChI=1S/C20H18N4O3S/c1-13-6-8-14(9-7-13)20(23-18(26)11-28-20)22-17(25)10-24-12-21-16-5-3-2-4-15(16)19(24)27/h2-9,12H,10-11H2,1H3,(H,22,25)(H,23,26). The van der Waals surface area contributed by atoms with Gasteiger partial charge in [-0.3, -0.25) is 19.0 Å². The first-order chi connectivity index (χ1) is 13.5. The van der Waals surface area contributed by atoms with Crippen LogP contribution in [0.4, 0.5) is 0 Å². The molecule has 4 rings (SSSR count). The van der Waals surface area contributed by atoms with Crippen LogP contribution in [0.5, 0.6) is 0 Å². The lowest BCUT2D eigenvalue weighted by Crippen LogP contribution is -2.53. The number of amides is 2. The third-order valence-corrected chi connectivity index (χ3v) is 5.83. The zero-order chi connectivity index (χ0) is 19.7. The molecule has 2 amide bonds. The summed E-state index contributed by atoms with van der Waals surface area (Å²) in [5.74, 6) is -0.309. The van der Waals surface area contributed by atoms with Crippen LogP contribution < -0.4 is 16.2 Å². The molecular weight excluding hydrogens is 376 g/mol. The molecule has 1 aliphatic rings. The summed E-state index contributed by atoms with van der Waals surface area (Å²) in [5.41, 5.74) is 2.15. The van der Waals surface area contributed by atoms with Crippen LogP contribution in [-0.4, -0.2) is 27.1 Å². The number of carbonyl (C=O) groups excluding carboxylic acids is 2. The van der Waals surface area contributed by atoms with Gasteiger partial charge in [-0.2, -0.15) is 0 Å². The van der Waals surface area contributed by atoms with E-state index in [-0.39, 0.29) is 23.8 Å². The Kier molecular flexibility index (Phi) is 4.64. The average Bonchev–Trinajstić information content (AvgIpc) is 3.06. The van der Waals surface area contributed by atoms with E-state index in [1.165, 1.54) is 22.7 Å². The Bertz CT molecular complexity index is 1130. The van der Waals surface area contributed by atoms with Gasteiger partial charge in [-0.15, -0.1) is 0 Å². The summed E-state index contributed by atoms with van der Waals surface area (Å²) in [6.45, 7) is 1.77. The summed E-state index contributed by atoms with van der Waals surface area (Å²) in [4.78, 5) is 40.4. The summed E-state index contributed by atoms with van der Waals surface area (Å²) in [5, 5.41) is 6.19. The summed E-state index contributed by atoms with van der Waals surface area (Å²) in [6.07, 6.45) is 1.36. The third-order valence-electron chi connectivity index (χ3n) is 4.55. The molecule has 2 heterocycles. The number of rotatable bonds is 4. The molecule has 0 radical (unpaired) electrons. The van der Waals surface area contributed by atoms with E-state index in [4.69, 9.17) is 0 Å². The molecule has 0 spiro atoms. The molecule has 7 nitrogen and oxygen atoms in total. The zero-order valence-corrected chi connectivity index (χ0v) is 16.0. The Morgan fingerprint density at radius 2 is 1.96 bits per heavy atom. The van der Waals surface area contributed by atoms with Crippen molar-refractivity contribution in [1.82, 2.24) is 20.2 Å². The smallest absolute Gasteiger partial charge is 0.261 e. The van der Waals surface area contributed by atoms with Crippen LogP contribution in [0.3, 0.4) is 0 Å². The highest BCUT2D eigenvalue weighted by molar-refractivity contribution is 8.01. The maximum atomic E-state index is 12.7. The summed E-state index contributed by atoms with van der Waals surface area (Å²) in [7, 11) is 0. The first-order valence-corrected chi connectivity index (χ1v) is 9.73. The summed E-state index contributed by atoms with van der Waals surface area (Å²) < 4.78 is 1.27. The molecule has 1 aliphatic heterocycles. The van der Waals surface area contributed by atoms with Crippen molar-refractivity contribution < 1.29 is 9.59 Å². The maximum Gasteiger partial charge on any atom is 0.261 e. The SMILES string of the molecule is Cc1ccc(C2(NC(=O)Cn3cnc4ccccc4c3=O)NC(=O)CS2)cc1. The van der Waals surface area contributed by atoms with Gasteiger partial charge in [-0.25, -0.2) is 4.98 Å². The monoisotopic (exact) mass is 394 g/mol. The fraction of sp³-hybridized carbons (Fsp3) is 0.200. The van der Waals surface area contributed by atoms with Gasteiger partial charge in [-0.1, -0.05) is 53.7 Å². The van der Waals surface area contributed by atoms with Crippen molar-refractivity contribution in [2.45, 2.75) is 18.5 Å². The number of hydrogen-bond acceptors (Lipinski definition) is 5. The van der Waals surface area contributed by atoms with Gasteiger partial charge in [0.1, 0.15) is 6.54 Å². The number of nitrogens with one attached hydrogen (secondary N) is 2. The van der Waals surface area contributed by atoms with Crippen molar-refractivity contribution >= 4 is 34.5 Å². The molecule has 1 atom stereocenters. The number of carbonyl (C=O) groups is 2. The van der Waals surface area contributed by atoms with Crippen molar-refractivity contribution in [1.29, 1.82) is 0 Å². The second kappa shape index (κ2) is 7.12. The molecule has 1 unspecified atom stereocenters. The van der Waals surface area contributed by atoms with Crippen LogP contribution in [0.25, 0.3) is 10.9 Å². The Morgan fingerprint density at radius 3 is 2.68 bits per heavy atom. The van der Waals surface area contributed by atoms with E-state index in [9.17, 15) is 14.4 Å². The predicted octanol–water partition coefficient (Wildman–Crippen LogP) is 1.49. The van der Waals surface area contributed by atoms with E-state index in [2.05, 4.69) is 15.6 Å². The van der Waals surface area contributed by atoms with Crippen molar-refractivity contribution in [2.24, 2.45) is 0 Å². The lowest BCUT2D eigenvalue weighted by atomic mass is 10.1. The van der Waals surface area contributed by atoms with Gasteiger partial charge in [0.25, 0.3) is 5.56 Å². The first kappa shape index (κ1) is 18.2. The van der Waals surface area contributed by atoms with Crippen LogP contribution in [0.1, 0.15) is 11.1 Å². The first-order valence-electron chi connectivity index (χ1n) is 8.74. The minimum atomic E-state index is -1.05. The van der Waals surface area contributed by atoms with Crippen molar-refractivity contribution in [2.75, 3.05) is 5.75 Å². The topological polar surface area (TPSA) is 93.1 Å². The highest BCUT2D eigenvalue weighted by Gasteiger charge is 2.41. The van der Waals surface area contributed by atoms with Gasteiger partial charge in [0.15, 0.2) is 4.99 Å². The molecule has 142 valence electrons. The molecule has 0 bridgehead atoms. The van der Waals surface area contributed by atoms with Crippen LogP contribution >= 0.6 is 11.8 Å². The summed E-state index contributed by atoms with van der Waals surface area (Å²) >= 11 is 1.31. The number of benzene rings is 2. The van der Waals surface area contributed by atoms with Crippen LogP contribution in [0, 0.1) is 6.92 Å². The highest BCUT2D eigenvalue weighted by atomic mass is 32.2. The minimum Gasteiger partial charge on any atom is -0.320 e. The van der Waals surface area contributed by atoms with Gasteiger partial charge in [0.2, 0.25) is 11.8 Å². The van der Waals surface area contributed by atoms with Gasteiger partial charge in [0.05, 0.1) is 23.0 Å². The Balaban J connectivity index is 1.61. The Hall–Kier alpha value is -3.13. The van der Waals surface area contributed by atoms with Crippen molar-refractivity contribution in [3.8, 4) is 0 Å². The Labute approximate surface area is 165 Å². The molecule has 1 aromatic heterocycles. The van der Waals surface area contributed by atoms with E-state index in [0.717, 1.165) is 11.1 Å². The number of nitrogens with zero attached hydrogens (tertiary/aromatic N) is 2. The largest absolute Gasteiger partial charge is 0.320 e. The van der Waals surface area contributed by atoms with E-state index in [1.807, 2.05) is 31.2 Å². The Morgan fingerprint density at radius 1 is 1.21 bits per heavy atom. The molecular formula is C20H18N4O3S. The molecule has 3 aromatic rings. The molecule has 0 aliphatic carbocycles. The third kappa shape index (κ3) is 3.38. The molecule has 1 fully saturated rings. The van der Waals surface area contributed by atoms with Gasteiger partial charge < -0.3 is 10.6 Å². The second-order valence-electron chi connectivity index (χ2n) is 6.63. The normalized spacial score (nSPS) is 18.8. The quantitative estimate of drug-likeness (QED) is 0.700. The lowest BCUT2D eigenvalue weighted by molar-refractivity contribution is -0.124. The van der Waals surface area contributed by atoms with Gasteiger partial charge >= 0.3 is 0 Å².